The number of rotatable bonds is 6. The summed E-state index contributed by atoms with van der Waals surface area (Å²) < 4.78 is 13.1. The number of hydrogen-bond donors (Lipinski definition) is 2. The molecule has 0 aliphatic carbocycles. The zero-order valence-corrected chi connectivity index (χ0v) is 14.7. The summed E-state index contributed by atoms with van der Waals surface area (Å²) in [6.45, 7) is 3.88. The molecule has 2 atom stereocenters. The van der Waals surface area contributed by atoms with Gasteiger partial charge in [-0.05, 0) is 43.2 Å². The minimum absolute atomic E-state index is 0.314. The van der Waals surface area contributed by atoms with Crippen LogP contribution < -0.4 is 5.32 Å². The third-order valence-electron chi connectivity index (χ3n) is 4.14. The van der Waals surface area contributed by atoms with E-state index in [0.29, 0.717) is 17.2 Å². The van der Waals surface area contributed by atoms with Gasteiger partial charge in [-0.1, -0.05) is 19.1 Å². The van der Waals surface area contributed by atoms with Crippen molar-refractivity contribution < 1.29 is 9.50 Å². The van der Waals surface area contributed by atoms with Gasteiger partial charge in [0.25, 0.3) is 0 Å². The fourth-order valence-corrected chi connectivity index (χ4v) is 2.64. The normalized spacial score (nSPS) is 13.2. The smallest absolute Gasteiger partial charge is 0.161 e. The van der Waals surface area contributed by atoms with Gasteiger partial charge >= 0.3 is 0 Å². The van der Waals surface area contributed by atoms with Gasteiger partial charge in [0.2, 0.25) is 0 Å². The number of nitrogens with zero attached hydrogens (tertiary/aromatic N) is 3. The van der Waals surface area contributed by atoms with Crippen molar-refractivity contribution in [2.24, 2.45) is 0 Å². The van der Waals surface area contributed by atoms with Crippen LogP contribution in [0.5, 0.6) is 0 Å². The second-order valence-corrected chi connectivity index (χ2v) is 6.09. The molecule has 6 heteroatoms. The summed E-state index contributed by atoms with van der Waals surface area (Å²) in [7, 11) is 0. The lowest BCUT2D eigenvalue weighted by atomic mass is 10.0. The Hall–Kier alpha value is -2.86. The molecule has 2 N–H and O–H groups in total. The first-order valence-electron chi connectivity index (χ1n) is 8.55. The molecule has 0 amide bonds. The fourth-order valence-electron chi connectivity index (χ4n) is 2.64. The van der Waals surface area contributed by atoms with Crippen molar-refractivity contribution in [2.45, 2.75) is 32.4 Å². The van der Waals surface area contributed by atoms with Crippen LogP contribution in [0, 0.1) is 5.82 Å². The predicted octanol–water partition coefficient (Wildman–Crippen LogP) is 3.77. The predicted molar refractivity (Wildman–Crippen MR) is 99.1 cm³/mol. The average molecular weight is 352 g/mol. The SMILES string of the molecule is CCc1cc(N[C@H](C)[C@H](O)c2ccc(F)cc2)nc(-c2ccncc2)n1. The molecular weight excluding hydrogens is 331 g/mol. The van der Waals surface area contributed by atoms with E-state index in [1.165, 1.54) is 12.1 Å². The number of pyridine rings is 1. The summed E-state index contributed by atoms with van der Waals surface area (Å²) in [4.78, 5) is 13.1. The monoisotopic (exact) mass is 352 g/mol. The second-order valence-electron chi connectivity index (χ2n) is 6.09. The van der Waals surface area contributed by atoms with E-state index in [4.69, 9.17) is 0 Å². The Kier molecular flexibility index (Phi) is 5.53. The van der Waals surface area contributed by atoms with Crippen LogP contribution >= 0.6 is 0 Å². The maximum absolute atomic E-state index is 13.1. The largest absolute Gasteiger partial charge is 0.386 e. The number of hydrogen-bond acceptors (Lipinski definition) is 5. The molecular formula is C20H21FN4O. The molecule has 0 unspecified atom stereocenters. The third-order valence-corrected chi connectivity index (χ3v) is 4.14. The molecule has 0 saturated carbocycles. The van der Waals surface area contributed by atoms with Gasteiger partial charge in [-0.2, -0.15) is 0 Å². The summed E-state index contributed by atoms with van der Waals surface area (Å²) >= 11 is 0. The average Bonchev–Trinajstić information content (AvgIpc) is 2.68. The highest BCUT2D eigenvalue weighted by molar-refractivity contribution is 5.57. The highest BCUT2D eigenvalue weighted by atomic mass is 19.1. The lowest BCUT2D eigenvalue weighted by Gasteiger charge is -2.21. The van der Waals surface area contributed by atoms with Crippen molar-refractivity contribution in [3.05, 3.63) is 71.9 Å². The minimum atomic E-state index is -0.792. The molecule has 0 saturated heterocycles. The maximum Gasteiger partial charge on any atom is 0.161 e. The lowest BCUT2D eigenvalue weighted by Crippen LogP contribution is -2.25. The molecule has 0 fully saturated rings. The number of aliphatic hydroxyl groups excluding tert-OH is 1. The van der Waals surface area contributed by atoms with Gasteiger partial charge in [0, 0.05) is 29.7 Å². The number of aliphatic hydroxyl groups is 1. The number of aryl methyl sites for hydroxylation is 1. The van der Waals surface area contributed by atoms with E-state index in [1.807, 2.05) is 32.0 Å². The molecule has 3 rings (SSSR count). The fraction of sp³-hybridized carbons (Fsp3) is 0.250. The van der Waals surface area contributed by atoms with E-state index >= 15 is 0 Å². The first kappa shape index (κ1) is 17.9. The molecule has 0 radical (unpaired) electrons. The minimum Gasteiger partial charge on any atom is -0.386 e. The zero-order valence-electron chi connectivity index (χ0n) is 14.7. The molecule has 3 aromatic rings. The first-order valence-corrected chi connectivity index (χ1v) is 8.55. The number of halogens is 1. The van der Waals surface area contributed by atoms with Gasteiger partial charge in [0.05, 0.1) is 12.1 Å². The third kappa shape index (κ3) is 4.21. The summed E-state index contributed by atoms with van der Waals surface area (Å²) in [6.07, 6.45) is 3.38. The van der Waals surface area contributed by atoms with E-state index < -0.39 is 6.10 Å². The Labute approximate surface area is 152 Å². The summed E-state index contributed by atoms with van der Waals surface area (Å²) in [6, 6.07) is 11.1. The quantitative estimate of drug-likeness (QED) is 0.706. The van der Waals surface area contributed by atoms with Crippen molar-refractivity contribution in [3.8, 4) is 11.4 Å². The molecule has 5 nitrogen and oxygen atoms in total. The van der Waals surface area contributed by atoms with Crippen LogP contribution in [-0.2, 0) is 6.42 Å². The van der Waals surface area contributed by atoms with Crippen LogP contribution in [0.25, 0.3) is 11.4 Å². The Bertz CT molecular complexity index is 855. The molecule has 2 heterocycles. The molecule has 0 spiro atoms. The topological polar surface area (TPSA) is 70.9 Å². The van der Waals surface area contributed by atoms with Gasteiger partial charge in [-0.25, -0.2) is 14.4 Å². The Morgan fingerprint density at radius 2 is 1.77 bits per heavy atom. The van der Waals surface area contributed by atoms with Crippen LogP contribution in [0.1, 0.15) is 31.2 Å². The molecule has 26 heavy (non-hydrogen) atoms. The van der Waals surface area contributed by atoms with E-state index in [1.54, 1.807) is 24.5 Å². The van der Waals surface area contributed by atoms with E-state index in [-0.39, 0.29) is 11.9 Å². The molecule has 0 bridgehead atoms. The number of nitrogens with one attached hydrogen (secondary N) is 1. The van der Waals surface area contributed by atoms with Crippen LogP contribution in [0.3, 0.4) is 0 Å². The van der Waals surface area contributed by atoms with Crippen molar-refractivity contribution in [1.82, 2.24) is 15.0 Å². The van der Waals surface area contributed by atoms with Crippen molar-refractivity contribution in [2.75, 3.05) is 5.32 Å². The van der Waals surface area contributed by atoms with Crippen molar-refractivity contribution in [3.63, 3.8) is 0 Å². The van der Waals surface area contributed by atoms with Gasteiger partial charge in [0.15, 0.2) is 5.82 Å². The summed E-state index contributed by atoms with van der Waals surface area (Å²) in [5.74, 6) is 0.919. The van der Waals surface area contributed by atoms with E-state index in [2.05, 4.69) is 20.3 Å². The molecule has 1 aromatic carbocycles. The van der Waals surface area contributed by atoms with Gasteiger partial charge in [0.1, 0.15) is 11.6 Å². The maximum atomic E-state index is 13.1. The summed E-state index contributed by atoms with van der Waals surface area (Å²) in [5, 5.41) is 13.7. The lowest BCUT2D eigenvalue weighted by molar-refractivity contribution is 0.160. The van der Waals surface area contributed by atoms with Gasteiger partial charge in [-0.15, -0.1) is 0 Å². The first-order chi connectivity index (χ1) is 12.6. The Morgan fingerprint density at radius 1 is 1.08 bits per heavy atom. The van der Waals surface area contributed by atoms with E-state index in [0.717, 1.165) is 17.7 Å². The molecule has 0 aliphatic rings. The van der Waals surface area contributed by atoms with Crippen LogP contribution in [0.4, 0.5) is 10.2 Å². The second kappa shape index (κ2) is 8.01. The van der Waals surface area contributed by atoms with E-state index in [9.17, 15) is 9.50 Å². The van der Waals surface area contributed by atoms with Crippen LogP contribution in [-0.4, -0.2) is 26.1 Å². The number of anilines is 1. The van der Waals surface area contributed by atoms with Crippen LogP contribution in [0.15, 0.2) is 54.9 Å². The standard InChI is InChI=1S/C20H21FN4O/c1-3-17-12-18(25-20(24-17)15-8-10-22-11-9-15)23-13(2)19(26)14-4-6-16(21)7-5-14/h4-13,19,26H,3H2,1-2H3,(H,23,24,25)/t13-,19+/m1/s1. The van der Waals surface area contributed by atoms with Gasteiger partial charge < -0.3 is 10.4 Å². The number of benzene rings is 1. The Balaban J connectivity index is 1.83. The molecule has 134 valence electrons. The summed E-state index contributed by atoms with van der Waals surface area (Å²) in [5.41, 5.74) is 2.42. The number of aromatic nitrogens is 3. The highest BCUT2D eigenvalue weighted by Crippen LogP contribution is 2.22. The van der Waals surface area contributed by atoms with Gasteiger partial charge in [-0.3, -0.25) is 4.98 Å². The van der Waals surface area contributed by atoms with Crippen LogP contribution in [0.2, 0.25) is 0 Å². The molecule has 2 aromatic heterocycles. The highest BCUT2D eigenvalue weighted by Gasteiger charge is 2.17. The molecule has 0 aliphatic heterocycles. The Morgan fingerprint density at radius 3 is 2.42 bits per heavy atom. The van der Waals surface area contributed by atoms with Crippen molar-refractivity contribution >= 4 is 5.82 Å². The zero-order chi connectivity index (χ0) is 18.5. The van der Waals surface area contributed by atoms with Crippen molar-refractivity contribution in [1.29, 1.82) is 0 Å².